The number of aliphatic hydroxyl groups excluding tert-OH is 1. The topological polar surface area (TPSA) is 43.7 Å². The lowest BCUT2D eigenvalue weighted by Gasteiger charge is -2.33. The molecule has 1 saturated heterocycles. The van der Waals surface area contributed by atoms with Crippen LogP contribution in [0.2, 0.25) is 0 Å². The van der Waals surface area contributed by atoms with Crippen LogP contribution in [0, 0.1) is 5.92 Å². The molecule has 4 unspecified atom stereocenters. The van der Waals surface area contributed by atoms with Gasteiger partial charge >= 0.3 is 0 Å². The average Bonchev–Trinajstić information content (AvgIpc) is 2.56. The fourth-order valence-electron chi connectivity index (χ4n) is 2.95. The van der Waals surface area contributed by atoms with Crippen LogP contribution in [0.5, 0.6) is 0 Å². The van der Waals surface area contributed by atoms with E-state index in [0.29, 0.717) is 5.92 Å². The Morgan fingerprint density at radius 2 is 2.07 bits per heavy atom. The Labute approximate surface area is 85.7 Å². The molecule has 3 nitrogen and oxygen atoms in total. The third kappa shape index (κ3) is 1.69. The number of hydrogen-bond donors (Lipinski definition) is 2. The molecule has 0 radical (unpaired) electrons. The van der Waals surface area contributed by atoms with Gasteiger partial charge in [-0.3, -0.25) is 4.90 Å². The van der Waals surface area contributed by atoms with E-state index in [1.165, 1.54) is 0 Å². The first-order chi connectivity index (χ1) is 6.50. The molecule has 14 heavy (non-hydrogen) atoms. The van der Waals surface area contributed by atoms with E-state index >= 15 is 0 Å². The smallest absolute Gasteiger partial charge is 0.0774 e. The number of hydrogen-bond acceptors (Lipinski definition) is 3. The molecule has 2 rings (SSSR count). The van der Waals surface area contributed by atoms with Crippen LogP contribution in [0.15, 0.2) is 0 Å². The van der Waals surface area contributed by atoms with E-state index in [1.807, 2.05) is 6.92 Å². The van der Waals surface area contributed by atoms with Gasteiger partial charge in [-0.1, -0.05) is 6.92 Å². The molecule has 82 valence electrons. The highest BCUT2D eigenvalue weighted by atomic mass is 16.3. The first-order valence-electron chi connectivity index (χ1n) is 5.65. The lowest BCUT2D eigenvalue weighted by molar-refractivity contribution is -0.00861. The Bertz CT molecular complexity index is 207. The predicted molar refractivity (Wildman–Crippen MR) is 55.0 cm³/mol. The van der Waals surface area contributed by atoms with Crippen LogP contribution in [0.25, 0.3) is 0 Å². The van der Waals surface area contributed by atoms with Crippen molar-refractivity contribution in [2.24, 2.45) is 5.92 Å². The standard InChI is InChI=1S/C11H21NO2/c1-8-6-12(7-9(8)13)10-4-3-5-11(10,2)14/h8-10,13-14H,3-7H2,1-2H3. The van der Waals surface area contributed by atoms with Crippen LogP contribution in [0.3, 0.4) is 0 Å². The molecule has 0 aromatic heterocycles. The largest absolute Gasteiger partial charge is 0.391 e. The summed E-state index contributed by atoms with van der Waals surface area (Å²) >= 11 is 0. The minimum Gasteiger partial charge on any atom is -0.391 e. The number of rotatable bonds is 1. The van der Waals surface area contributed by atoms with Crippen molar-refractivity contribution in [2.75, 3.05) is 13.1 Å². The molecule has 1 aliphatic heterocycles. The monoisotopic (exact) mass is 199 g/mol. The van der Waals surface area contributed by atoms with Gasteiger partial charge in [0.1, 0.15) is 0 Å². The summed E-state index contributed by atoms with van der Waals surface area (Å²) in [5.74, 6) is 0.353. The molecule has 3 heteroatoms. The van der Waals surface area contributed by atoms with Crippen LogP contribution < -0.4 is 0 Å². The minimum absolute atomic E-state index is 0.202. The Hall–Kier alpha value is -0.120. The molecule has 0 aromatic carbocycles. The highest BCUT2D eigenvalue weighted by Gasteiger charge is 2.43. The second-order valence-electron chi connectivity index (χ2n) is 5.26. The first-order valence-corrected chi connectivity index (χ1v) is 5.65. The highest BCUT2D eigenvalue weighted by Crippen LogP contribution is 2.35. The van der Waals surface area contributed by atoms with E-state index in [-0.39, 0.29) is 12.1 Å². The van der Waals surface area contributed by atoms with E-state index < -0.39 is 5.60 Å². The lowest BCUT2D eigenvalue weighted by atomic mass is 9.99. The van der Waals surface area contributed by atoms with Crippen LogP contribution in [0.4, 0.5) is 0 Å². The zero-order valence-electron chi connectivity index (χ0n) is 9.11. The first kappa shape index (κ1) is 10.4. The number of likely N-dealkylation sites (tertiary alicyclic amines) is 1. The number of β-amino-alcohol motifs (C(OH)–C–C–N with tert-alkyl or cyclic N) is 1. The maximum absolute atomic E-state index is 10.2. The summed E-state index contributed by atoms with van der Waals surface area (Å²) in [7, 11) is 0. The number of aliphatic hydroxyl groups is 2. The normalized spacial score (nSPS) is 50.1. The van der Waals surface area contributed by atoms with Gasteiger partial charge in [0.2, 0.25) is 0 Å². The quantitative estimate of drug-likeness (QED) is 0.650. The summed E-state index contributed by atoms with van der Waals surface area (Å²) < 4.78 is 0. The van der Waals surface area contributed by atoms with E-state index in [1.54, 1.807) is 0 Å². The molecule has 2 aliphatic rings. The second-order valence-corrected chi connectivity index (χ2v) is 5.26. The molecule has 1 aliphatic carbocycles. The van der Waals surface area contributed by atoms with Crippen molar-refractivity contribution in [3.8, 4) is 0 Å². The Balaban J connectivity index is 2.03. The predicted octanol–water partition coefficient (Wildman–Crippen LogP) is 0.602. The summed E-state index contributed by atoms with van der Waals surface area (Å²) in [5.41, 5.74) is -0.538. The summed E-state index contributed by atoms with van der Waals surface area (Å²) in [6.45, 7) is 5.68. The number of nitrogens with zero attached hydrogens (tertiary/aromatic N) is 1. The van der Waals surface area contributed by atoms with Crippen molar-refractivity contribution in [2.45, 2.75) is 50.9 Å². The molecular formula is C11H21NO2. The van der Waals surface area contributed by atoms with Gasteiger partial charge in [-0.2, -0.15) is 0 Å². The highest BCUT2D eigenvalue weighted by molar-refractivity contribution is 4.98. The minimum atomic E-state index is -0.538. The van der Waals surface area contributed by atoms with E-state index in [0.717, 1.165) is 32.4 Å². The molecule has 4 atom stereocenters. The van der Waals surface area contributed by atoms with Crippen LogP contribution >= 0.6 is 0 Å². The van der Waals surface area contributed by atoms with Crippen molar-refractivity contribution in [1.82, 2.24) is 4.90 Å². The zero-order chi connectivity index (χ0) is 10.3. The zero-order valence-corrected chi connectivity index (χ0v) is 9.11. The van der Waals surface area contributed by atoms with Crippen LogP contribution in [-0.2, 0) is 0 Å². The summed E-state index contributed by atoms with van der Waals surface area (Å²) in [6.07, 6.45) is 2.88. The summed E-state index contributed by atoms with van der Waals surface area (Å²) in [4.78, 5) is 2.27. The van der Waals surface area contributed by atoms with E-state index in [2.05, 4.69) is 11.8 Å². The molecule has 2 N–H and O–H groups in total. The second kappa shape index (κ2) is 3.47. The fourth-order valence-corrected chi connectivity index (χ4v) is 2.95. The van der Waals surface area contributed by atoms with E-state index in [9.17, 15) is 10.2 Å². The van der Waals surface area contributed by atoms with Gasteiger partial charge in [0.15, 0.2) is 0 Å². The lowest BCUT2D eigenvalue weighted by Crippen LogP contribution is -2.46. The molecule has 1 saturated carbocycles. The maximum atomic E-state index is 10.2. The van der Waals surface area contributed by atoms with Crippen molar-refractivity contribution >= 4 is 0 Å². The summed E-state index contributed by atoms with van der Waals surface area (Å²) in [6, 6.07) is 0.266. The molecule has 0 aromatic rings. The Morgan fingerprint density at radius 3 is 2.50 bits per heavy atom. The van der Waals surface area contributed by atoms with Crippen LogP contribution in [-0.4, -0.2) is 45.9 Å². The van der Waals surface area contributed by atoms with Gasteiger partial charge in [-0.25, -0.2) is 0 Å². The molecule has 0 amide bonds. The Morgan fingerprint density at radius 1 is 1.36 bits per heavy atom. The molecule has 2 fully saturated rings. The molecule has 0 bridgehead atoms. The third-order valence-corrected chi connectivity index (χ3v) is 3.92. The average molecular weight is 199 g/mol. The van der Waals surface area contributed by atoms with Crippen molar-refractivity contribution < 1.29 is 10.2 Å². The van der Waals surface area contributed by atoms with Gasteiger partial charge in [-0.05, 0) is 32.1 Å². The third-order valence-electron chi connectivity index (χ3n) is 3.92. The van der Waals surface area contributed by atoms with Gasteiger partial charge in [0, 0.05) is 19.1 Å². The molecule has 1 heterocycles. The van der Waals surface area contributed by atoms with Gasteiger partial charge in [-0.15, -0.1) is 0 Å². The Kier molecular flexibility index (Phi) is 2.58. The maximum Gasteiger partial charge on any atom is 0.0774 e. The molecular weight excluding hydrogens is 178 g/mol. The van der Waals surface area contributed by atoms with E-state index in [4.69, 9.17) is 0 Å². The molecule has 0 spiro atoms. The van der Waals surface area contributed by atoms with Gasteiger partial charge in [0.25, 0.3) is 0 Å². The van der Waals surface area contributed by atoms with Crippen molar-refractivity contribution in [3.05, 3.63) is 0 Å². The van der Waals surface area contributed by atoms with Crippen molar-refractivity contribution in [1.29, 1.82) is 0 Å². The fraction of sp³-hybridized carbons (Fsp3) is 1.00. The van der Waals surface area contributed by atoms with Crippen molar-refractivity contribution in [3.63, 3.8) is 0 Å². The SMILES string of the molecule is CC1CN(C2CCCC2(C)O)CC1O. The van der Waals surface area contributed by atoms with Gasteiger partial charge < -0.3 is 10.2 Å². The summed E-state index contributed by atoms with van der Waals surface area (Å²) in [5, 5.41) is 19.8. The van der Waals surface area contributed by atoms with Gasteiger partial charge in [0.05, 0.1) is 11.7 Å². The van der Waals surface area contributed by atoms with Crippen LogP contribution in [0.1, 0.15) is 33.1 Å².